The summed E-state index contributed by atoms with van der Waals surface area (Å²) in [5, 5.41) is 22.1. The second-order valence-corrected chi connectivity index (χ2v) is 7.04. The highest BCUT2D eigenvalue weighted by atomic mass is 16.2. The van der Waals surface area contributed by atoms with E-state index in [0.29, 0.717) is 37.4 Å². The molecule has 1 aliphatic rings. The lowest BCUT2D eigenvalue weighted by molar-refractivity contribution is 0.208. The van der Waals surface area contributed by atoms with Crippen molar-refractivity contribution in [3.05, 3.63) is 59.8 Å². The Morgan fingerprint density at radius 3 is 2.63 bits per heavy atom. The van der Waals surface area contributed by atoms with E-state index in [0.717, 1.165) is 23.1 Å². The van der Waals surface area contributed by atoms with E-state index >= 15 is 0 Å². The number of rotatable bonds is 4. The average Bonchev–Trinajstić information content (AvgIpc) is 3.18. The van der Waals surface area contributed by atoms with Gasteiger partial charge in [0.1, 0.15) is 11.6 Å². The number of H-pyrrole nitrogens is 1. The minimum Gasteiger partial charge on any atom is -0.353 e. The van der Waals surface area contributed by atoms with Gasteiger partial charge in [-0.15, -0.1) is 0 Å². The number of urea groups is 1. The second-order valence-electron chi connectivity index (χ2n) is 7.04. The normalized spacial score (nSPS) is 13.6. The number of aryl methyl sites for hydroxylation is 1. The summed E-state index contributed by atoms with van der Waals surface area (Å²) in [5.41, 5.74) is 2.11. The molecule has 3 heterocycles. The van der Waals surface area contributed by atoms with Crippen LogP contribution < -0.4 is 15.5 Å². The van der Waals surface area contributed by atoms with Gasteiger partial charge in [-0.25, -0.2) is 9.78 Å². The highest BCUT2D eigenvalue weighted by Crippen LogP contribution is 2.19. The third kappa shape index (κ3) is 4.50. The number of nitrogens with zero attached hydrogens (tertiary/aromatic N) is 5. The molecule has 9 heteroatoms. The van der Waals surface area contributed by atoms with Crippen molar-refractivity contribution in [1.82, 2.24) is 20.1 Å². The lowest BCUT2D eigenvalue weighted by Crippen LogP contribution is -2.50. The molecule has 0 saturated carbocycles. The topological polar surface area (TPSA) is 113 Å². The molecule has 0 bridgehead atoms. The number of hydrogen-bond donors (Lipinski definition) is 3. The van der Waals surface area contributed by atoms with Crippen LogP contribution in [-0.4, -0.2) is 52.3 Å². The van der Waals surface area contributed by atoms with E-state index in [1.54, 1.807) is 29.2 Å². The molecule has 1 aromatic carbocycles. The number of nitrogens with one attached hydrogen (secondary N) is 3. The largest absolute Gasteiger partial charge is 0.353 e. The molecule has 1 saturated heterocycles. The SMILES string of the molecule is Cc1cc(Nc2cccc(N3CCN(C(=O)Nc4cccc(C#N)c4)CC3)n2)n[nH]1. The van der Waals surface area contributed by atoms with Crippen molar-refractivity contribution in [1.29, 1.82) is 5.26 Å². The minimum atomic E-state index is -0.165. The third-order valence-electron chi connectivity index (χ3n) is 4.83. The van der Waals surface area contributed by atoms with Gasteiger partial charge in [0, 0.05) is 43.6 Å². The van der Waals surface area contributed by atoms with E-state index in [2.05, 4.69) is 36.8 Å². The Hall–Kier alpha value is -4.06. The lowest BCUT2D eigenvalue weighted by atomic mass is 10.2. The Balaban J connectivity index is 1.34. The molecular formula is C21H22N8O. The zero-order valence-electron chi connectivity index (χ0n) is 16.6. The number of amides is 2. The van der Waals surface area contributed by atoms with Crippen LogP contribution in [0.25, 0.3) is 0 Å². The fourth-order valence-electron chi connectivity index (χ4n) is 3.29. The maximum atomic E-state index is 12.5. The predicted octanol–water partition coefficient (Wildman–Crippen LogP) is 3.08. The maximum Gasteiger partial charge on any atom is 0.321 e. The number of benzene rings is 1. The minimum absolute atomic E-state index is 0.165. The van der Waals surface area contributed by atoms with Gasteiger partial charge in [-0.3, -0.25) is 5.10 Å². The Kier molecular flexibility index (Phi) is 5.48. The van der Waals surface area contributed by atoms with Crippen LogP contribution in [-0.2, 0) is 0 Å². The van der Waals surface area contributed by atoms with Gasteiger partial charge in [-0.05, 0) is 37.3 Å². The van der Waals surface area contributed by atoms with E-state index < -0.39 is 0 Å². The van der Waals surface area contributed by atoms with Gasteiger partial charge in [-0.2, -0.15) is 10.4 Å². The number of hydrogen-bond acceptors (Lipinski definition) is 6. The van der Waals surface area contributed by atoms with Gasteiger partial charge in [-0.1, -0.05) is 12.1 Å². The van der Waals surface area contributed by atoms with Crippen molar-refractivity contribution in [3.63, 3.8) is 0 Å². The molecule has 1 aliphatic heterocycles. The Bertz CT molecular complexity index is 1080. The highest BCUT2D eigenvalue weighted by Gasteiger charge is 2.22. The zero-order valence-corrected chi connectivity index (χ0v) is 16.6. The molecule has 4 rings (SSSR count). The molecule has 152 valence electrons. The number of anilines is 4. The molecular weight excluding hydrogens is 380 g/mol. The van der Waals surface area contributed by atoms with Gasteiger partial charge in [0.2, 0.25) is 0 Å². The summed E-state index contributed by atoms with van der Waals surface area (Å²) in [6.45, 7) is 4.48. The first-order chi connectivity index (χ1) is 14.6. The predicted molar refractivity (Wildman–Crippen MR) is 115 cm³/mol. The van der Waals surface area contributed by atoms with Crippen LogP contribution in [0, 0.1) is 18.3 Å². The molecule has 3 aromatic rings. The molecule has 2 amide bonds. The molecule has 30 heavy (non-hydrogen) atoms. The lowest BCUT2D eigenvalue weighted by Gasteiger charge is -2.35. The Morgan fingerprint density at radius 1 is 1.10 bits per heavy atom. The molecule has 0 atom stereocenters. The summed E-state index contributed by atoms with van der Waals surface area (Å²) >= 11 is 0. The van der Waals surface area contributed by atoms with E-state index in [-0.39, 0.29) is 6.03 Å². The molecule has 0 aliphatic carbocycles. The summed E-state index contributed by atoms with van der Waals surface area (Å²) in [4.78, 5) is 21.1. The van der Waals surface area contributed by atoms with Crippen molar-refractivity contribution in [3.8, 4) is 6.07 Å². The van der Waals surface area contributed by atoms with Crippen LogP contribution in [0.2, 0.25) is 0 Å². The van der Waals surface area contributed by atoms with Crippen LogP contribution in [0.3, 0.4) is 0 Å². The number of carbonyl (C=O) groups is 1. The Morgan fingerprint density at radius 2 is 1.90 bits per heavy atom. The summed E-state index contributed by atoms with van der Waals surface area (Å²) in [6, 6.07) is 16.5. The first-order valence-corrected chi connectivity index (χ1v) is 9.68. The summed E-state index contributed by atoms with van der Waals surface area (Å²) in [6.07, 6.45) is 0. The molecule has 0 unspecified atom stereocenters. The van der Waals surface area contributed by atoms with E-state index in [1.165, 1.54) is 0 Å². The molecule has 0 radical (unpaired) electrons. The number of pyridine rings is 1. The van der Waals surface area contributed by atoms with Crippen molar-refractivity contribution in [2.45, 2.75) is 6.92 Å². The molecule has 2 aromatic heterocycles. The maximum absolute atomic E-state index is 12.5. The molecule has 3 N–H and O–H groups in total. The van der Waals surface area contributed by atoms with E-state index in [4.69, 9.17) is 5.26 Å². The van der Waals surface area contributed by atoms with Crippen molar-refractivity contribution in [2.24, 2.45) is 0 Å². The van der Waals surface area contributed by atoms with Crippen LogP contribution in [0.15, 0.2) is 48.5 Å². The van der Waals surface area contributed by atoms with E-state index in [1.807, 2.05) is 31.2 Å². The fraction of sp³-hybridized carbons (Fsp3) is 0.238. The number of piperazine rings is 1. The summed E-state index contributed by atoms with van der Waals surface area (Å²) < 4.78 is 0. The van der Waals surface area contributed by atoms with Crippen LogP contribution in [0.4, 0.5) is 27.9 Å². The quantitative estimate of drug-likeness (QED) is 0.618. The molecule has 1 fully saturated rings. The fourth-order valence-corrected chi connectivity index (χ4v) is 3.29. The highest BCUT2D eigenvalue weighted by molar-refractivity contribution is 5.89. The number of aromatic amines is 1. The summed E-state index contributed by atoms with van der Waals surface area (Å²) in [7, 11) is 0. The van der Waals surface area contributed by atoms with Gasteiger partial charge in [0.15, 0.2) is 5.82 Å². The van der Waals surface area contributed by atoms with Gasteiger partial charge in [0.05, 0.1) is 11.6 Å². The van der Waals surface area contributed by atoms with Crippen molar-refractivity contribution in [2.75, 3.05) is 41.7 Å². The number of aromatic nitrogens is 3. The monoisotopic (exact) mass is 402 g/mol. The van der Waals surface area contributed by atoms with Crippen molar-refractivity contribution < 1.29 is 4.79 Å². The molecule has 9 nitrogen and oxygen atoms in total. The number of nitriles is 1. The molecule has 0 spiro atoms. The van der Waals surface area contributed by atoms with Gasteiger partial charge in [0.25, 0.3) is 0 Å². The Labute approximate surface area is 174 Å². The van der Waals surface area contributed by atoms with Crippen molar-refractivity contribution >= 4 is 29.2 Å². The van der Waals surface area contributed by atoms with E-state index in [9.17, 15) is 4.79 Å². The second kappa shape index (κ2) is 8.53. The third-order valence-corrected chi connectivity index (χ3v) is 4.83. The standard InChI is InChI=1S/C21H22N8O/c1-15-12-19(27-26-15)24-18-6-3-7-20(25-18)28-8-10-29(11-9-28)21(30)23-17-5-2-4-16(13-17)14-22/h2-7,12-13H,8-11H2,1H3,(H,23,30)(H2,24,25,26,27). The first-order valence-electron chi connectivity index (χ1n) is 9.68. The number of carbonyl (C=O) groups excluding carboxylic acids is 1. The first kappa shape index (κ1) is 19.3. The van der Waals surface area contributed by atoms with Crippen LogP contribution in [0.5, 0.6) is 0 Å². The van der Waals surface area contributed by atoms with Crippen LogP contribution >= 0.6 is 0 Å². The smallest absolute Gasteiger partial charge is 0.321 e. The van der Waals surface area contributed by atoms with Gasteiger partial charge >= 0.3 is 6.03 Å². The van der Waals surface area contributed by atoms with Crippen LogP contribution in [0.1, 0.15) is 11.3 Å². The zero-order chi connectivity index (χ0) is 20.9. The van der Waals surface area contributed by atoms with Gasteiger partial charge < -0.3 is 20.4 Å². The average molecular weight is 402 g/mol. The summed E-state index contributed by atoms with van der Waals surface area (Å²) in [5.74, 6) is 2.30.